The van der Waals surface area contributed by atoms with Crippen LogP contribution in [-0.2, 0) is 4.74 Å². The van der Waals surface area contributed by atoms with Crippen LogP contribution < -0.4 is 5.32 Å². The smallest absolute Gasteiger partial charge is 0.273 e. The van der Waals surface area contributed by atoms with Crippen molar-refractivity contribution in [3.63, 3.8) is 0 Å². The minimum Gasteiger partial charge on any atom is -0.465 e. The Kier molecular flexibility index (Phi) is 3.78. The fraction of sp³-hybridized carbons (Fsp3) is 0.500. The lowest BCUT2D eigenvalue weighted by Gasteiger charge is -2.25. The molecular weight excluding hydrogens is 240 g/mol. The van der Waals surface area contributed by atoms with Gasteiger partial charge >= 0.3 is 0 Å². The molecule has 1 saturated heterocycles. The average molecular weight is 254 g/mol. The minimum atomic E-state index is -0.730. The largest absolute Gasteiger partial charge is 0.465 e. The van der Waals surface area contributed by atoms with Gasteiger partial charge in [-0.2, -0.15) is 0 Å². The van der Waals surface area contributed by atoms with Crippen LogP contribution in [0, 0.1) is 10.1 Å². The summed E-state index contributed by atoms with van der Waals surface area (Å²) in [5.74, 6) is 0.784. The van der Waals surface area contributed by atoms with Gasteiger partial charge in [0.05, 0.1) is 6.26 Å². The lowest BCUT2D eigenvalue weighted by atomic mass is 10.3. The van der Waals surface area contributed by atoms with Crippen LogP contribution in [0.1, 0.15) is 18.9 Å². The normalized spacial score (nSPS) is 18.9. The summed E-state index contributed by atoms with van der Waals surface area (Å²) < 4.78 is 10.9. The maximum atomic E-state index is 10.5. The molecule has 98 valence electrons. The minimum absolute atomic E-state index is 0.190. The van der Waals surface area contributed by atoms with E-state index >= 15 is 0 Å². The molecule has 1 fully saturated rings. The summed E-state index contributed by atoms with van der Waals surface area (Å²) in [4.78, 5) is 12.1. The second-order valence-electron chi connectivity index (χ2n) is 3.60. The summed E-state index contributed by atoms with van der Waals surface area (Å²) in [5.41, 5.74) is 0. The number of nitro groups is 1. The predicted molar refractivity (Wildman–Crippen MR) is 62.2 cm³/mol. The van der Waals surface area contributed by atoms with Crippen molar-refractivity contribution < 1.29 is 14.2 Å². The van der Waals surface area contributed by atoms with Crippen molar-refractivity contribution >= 4 is 5.96 Å². The van der Waals surface area contributed by atoms with E-state index in [1.165, 1.54) is 6.26 Å². The monoisotopic (exact) mass is 254 g/mol. The summed E-state index contributed by atoms with van der Waals surface area (Å²) >= 11 is 0. The molecule has 1 aliphatic heterocycles. The van der Waals surface area contributed by atoms with Crippen molar-refractivity contribution in [3.05, 3.63) is 34.3 Å². The molecule has 18 heavy (non-hydrogen) atoms. The lowest BCUT2D eigenvalue weighted by Crippen LogP contribution is -2.35. The number of nitrogens with zero attached hydrogens (tertiary/aromatic N) is 3. The topological polar surface area (TPSA) is 93.1 Å². The average Bonchev–Trinajstić information content (AvgIpc) is 2.96. The van der Waals surface area contributed by atoms with Gasteiger partial charge in [0.1, 0.15) is 5.10 Å². The fourth-order valence-corrected chi connectivity index (χ4v) is 1.81. The van der Waals surface area contributed by atoms with Crippen molar-refractivity contribution in [2.75, 3.05) is 19.7 Å². The van der Waals surface area contributed by atoms with E-state index in [1.807, 2.05) is 6.92 Å². The summed E-state index contributed by atoms with van der Waals surface area (Å²) in [5, 5.41) is 15.9. The Hall–Kier alpha value is -2.09. The Bertz CT molecular complexity index is 431. The van der Waals surface area contributed by atoms with Gasteiger partial charge in [-0.15, -0.1) is 0 Å². The molecule has 8 nitrogen and oxygen atoms in total. The third-order valence-corrected chi connectivity index (χ3v) is 2.48. The second kappa shape index (κ2) is 5.50. The van der Waals surface area contributed by atoms with E-state index < -0.39 is 11.3 Å². The van der Waals surface area contributed by atoms with E-state index in [4.69, 9.17) is 9.15 Å². The molecule has 0 radical (unpaired) electrons. The van der Waals surface area contributed by atoms with Crippen LogP contribution in [0.2, 0.25) is 0 Å². The maximum absolute atomic E-state index is 10.5. The van der Waals surface area contributed by atoms with Crippen LogP contribution in [0.5, 0.6) is 0 Å². The molecule has 1 atom stereocenters. The number of hydrogen-bond donors (Lipinski definition) is 1. The van der Waals surface area contributed by atoms with E-state index in [9.17, 15) is 10.1 Å². The molecule has 1 unspecified atom stereocenters. The van der Waals surface area contributed by atoms with Crippen LogP contribution in [-0.4, -0.2) is 35.6 Å². The molecule has 0 aromatic carbocycles. The highest BCUT2D eigenvalue weighted by molar-refractivity contribution is 5.81. The SMILES string of the molecule is CCOC(c1ccco1)N1CCNC1=N[N+](=O)[O-]. The Balaban J connectivity index is 2.22. The molecule has 2 rings (SSSR count). The highest BCUT2D eigenvalue weighted by atomic mass is 16.7. The Morgan fingerprint density at radius 3 is 3.22 bits per heavy atom. The highest BCUT2D eigenvalue weighted by Gasteiger charge is 2.31. The first-order valence-corrected chi connectivity index (χ1v) is 5.61. The number of hydrazone groups is 1. The second-order valence-corrected chi connectivity index (χ2v) is 3.60. The third kappa shape index (κ3) is 2.59. The van der Waals surface area contributed by atoms with Gasteiger partial charge in [-0.25, -0.2) is 10.1 Å². The zero-order valence-corrected chi connectivity index (χ0v) is 9.91. The predicted octanol–water partition coefficient (Wildman–Crippen LogP) is 0.768. The van der Waals surface area contributed by atoms with Gasteiger partial charge in [0.2, 0.25) is 0 Å². The van der Waals surface area contributed by atoms with Crippen LogP contribution >= 0.6 is 0 Å². The van der Waals surface area contributed by atoms with E-state index in [0.29, 0.717) is 25.5 Å². The number of hydrogen-bond acceptors (Lipinski definition) is 4. The lowest BCUT2D eigenvalue weighted by molar-refractivity contribution is -0.486. The molecule has 0 bridgehead atoms. The summed E-state index contributed by atoms with van der Waals surface area (Å²) in [6.07, 6.45) is 1.04. The first-order chi connectivity index (χ1) is 8.72. The standard InChI is InChI=1S/C10H14N4O4/c1-2-17-9(8-4-3-7-18-8)13-6-5-11-10(13)12-14(15)16/h3-4,7,9H,2,5-6H2,1H3,(H,11,12). The van der Waals surface area contributed by atoms with Gasteiger partial charge in [0.25, 0.3) is 5.96 Å². The first-order valence-electron chi connectivity index (χ1n) is 5.61. The molecule has 1 aliphatic rings. The molecule has 0 saturated carbocycles. The quantitative estimate of drug-likeness (QED) is 0.616. The van der Waals surface area contributed by atoms with Crippen LogP contribution in [0.3, 0.4) is 0 Å². The van der Waals surface area contributed by atoms with Crippen molar-refractivity contribution in [1.82, 2.24) is 10.2 Å². The number of rotatable bonds is 5. The van der Waals surface area contributed by atoms with Crippen LogP contribution in [0.4, 0.5) is 0 Å². The molecule has 1 aromatic rings. The van der Waals surface area contributed by atoms with Gasteiger partial charge in [0, 0.05) is 19.7 Å². The molecule has 2 heterocycles. The first kappa shape index (κ1) is 12.4. The number of ether oxygens (including phenoxy) is 1. The number of guanidine groups is 1. The molecule has 8 heteroatoms. The molecule has 0 spiro atoms. The van der Waals surface area contributed by atoms with Crippen molar-refractivity contribution in [2.24, 2.45) is 5.10 Å². The molecule has 0 amide bonds. The molecule has 1 aromatic heterocycles. The Morgan fingerprint density at radius 1 is 1.78 bits per heavy atom. The van der Waals surface area contributed by atoms with Gasteiger partial charge in [-0.1, -0.05) is 0 Å². The molecule has 1 N–H and O–H groups in total. The van der Waals surface area contributed by atoms with E-state index in [0.717, 1.165) is 0 Å². The zero-order valence-electron chi connectivity index (χ0n) is 9.91. The molecular formula is C10H14N4O4. The van der Waals surface area contributed by atoms with Gasteiger partial charge in [0.15, 0.2) is 17.0 Å². The van der Waals surface area contributed by atoms with Crippen LogP contribution in [0.25, 0.3) is 0 Å². The van der Waals surface area contributed by atoms with E-state index in [2.05, 4.69) is 10.4 Å². The Labute approximate surface area is 103 Å². The van der Waals surface area contributed by atoms with Crippen molar-refractivity contribution in [3.8, 4) is 0 Å². The van der Waals surface area contributed by atoms with Crippen LogP contribution in [0.15, 0.2) is 27.9 Å². The van der Waals surface area contributed by atoms with E-state index in [1.54, 1.807) is 17.0 Å². The molecule has 0 aliphatic carbocycles. The van der Waals surface area contributed by atoms with Gasteiger partial charge in [-0.3, -0.25) is 0 Å². The summed E-state index contributed by atoms with van der Waals surface area (Å²) in [6.45, 7) is 3.46. The summed E-state index contributed by atoms with van der Waals surface area (Å²) in [7, 11) is 0. The highest BCUT2D eigenvalue weighted by Crippen LogP contribution is 2.24. The number of furan rings is 1. The Morgan fingerprint density at radius 2 is 2.61 bits per heavy atom. The van der Waals surface area contributed by atoms with E-state index in [-0.39, 0.29) is 5.96 Å². The third-order valence-electron chi connectivity index (χ3n) is 2.48. The maximum Gasteiger partial charge on any atom is 0.273 e. The van der Waals surface area contributed by atoms with Crippen molar-refractivity contribution in [2.45, 2.75) is 13.2 Å². The van der Waals surface area contributed by atoms with Crippen molar-refractivity contribution in [1.29, 1.82) is 0 Å². The van der Waals surface area contributed by atoms with Gasteiger partial charge < -0.3 is 19.4 Å². The summed E-state index contributed by atoms with van der Waals surface area (Å²) in [6, 6.07) is 3.51. The fourth-order valence-electron chi connectivity index (χ4n) is 1.81. The number of nitrogens with one attached hydrogen (secondary N) is 1. The zero-order chi connectivity index (χ0) is 13.0. The van der Waals surface area contributed by atoms with Gasteiger partial charge in [-0.05, 0) is 19.1 Å².